The first-order valence-electron chi connectivity index (χ1n) is 6.45. The summed E-state index contributed by atoms with van der Waals surface area (Å²) in [6, 6.07) is 0. The minimum atomic E-state index is -3.14. The summed E-state index contributed by atoms with van der Waals surface area (Å²) in [6.45, 7) is 3.55. The van der Waals surface area contributed by atoms with Crippen LogP contribution >= 0.6 is 0 Å². The summed E-state index contributed by atoms with van der Waals surface area (Å²) in [5.74, 6) is 0.164. The highest BCUT2D eigenvalue weighted by Crippen LogP contribution is 2.34. The van der Waals surface area contributed by atoms with E-state index in [0.717, 1.165) is 12.8 Å². The second kappa shape index (κ2) is 4.79. The zero-order chi connectivity index (χ0) is 13.4. The fourth-order valence-corrected chi connectivity index (χ4v) is 3.71. The van der Waals surface area contributed by atoms with Crippen molar-refractivity contribution in [3.05, 3.63) is 0 Å². The van der Waals surface area contributed by atoms with Crippen LogP contribution in [0, 0.1) is 0 Å². The van der Waals surface area contributed by atoms with Gasteiger partial charge in [0.1, 0.15) is 0 Å². The number of sulfonamides is 1. The molecule has 104 valence electrons. The summed E-state index contributed by atoms with van der Waals surface area (Å²) >= 11 is 0. The van der Waals surface area contributed by atoms with Gasteiger partial charge in [-0.25, -0.2) is 8.42 Å². The van der Waals surface area contributed by atoms with Crippen LogP contribution in [-0.4, -0.2) is 61.0 Å². The molecule has 0 aromatic heterocycles. The Bertz CT molecular complexity index is 423. The van der Waals surface area contributed by atoms with Crippen molar-refractivity contribution in [2.24, 2.45) is 5.73 Å². The van der Waals surface area contributed by atoms with Crippen molar-refractivity contribution in [2.45, 2.75) is 31.7 Å². The lowest BCUT2D eigenvalue weighted by atomic mass is 10.2. The summed E-state index contributed by atoms with van der Waals surface area (Å²) in [6.07, 6.45) is 2.12. The van der Waals surface area contributed by atoms with Crippen LogP contribution in [0.5, 0.6) is 0 Å². The van der Waals surface area contributed by atoms with Gasteiger partial charge in [0.2, 0.25) is 15.9 Å². The Morgan fingerprint density at radius 2 is 1.78 bits per heavy atom. The SMILES string of the molecule is CCCS(=O)(=O)N1CCN(C(=O)C2(N)CC2)CC1. The zero-order valence-corrected chi connectivity index (χ0v) is 11.6. The van der Waals surface area contributed by atoms with Gasteiger partial charge in [0.25, 0.3) is 0 Å². The van der Waals surface area contributed by atoms with Gasteiger partial charge in [-0.1, -0.05) is 6.92 Å². The van der Waals surface area contributed by atoms with Crippen LogP contribution in [0.3, 0.4) is 0 Å². The standard InChI is InChI=1S/C11H21N3O3S/c1-2-9-18(16,17)14-7-5-13(6-8-14)10(15)11(12)3-4-11/h2-9,12H2,1H3. The number of amides is 1. The third kappa shape index (κ3) is 2.67. The molecule has 1 amide bonds. The molecule has 0 aromatic carbocycles. The summed E-state index contributed by atoms with van der Waals surface area (Å²) < 4.78 is 25.2. The van der Waals surface area contributed by atoms with Crippen molar-refractivity contribution in [3.8, 4) is 0 Å². The first kappa shape index (κ1) is 13.8. The molecule has 1 heterocycles. The van der Waals surface area contributed by atoms with Gasteiger partial charge in [-0.2, -0.15) is 4.31 Å². The van der Waals surface area contributed by atoms with Crippen molar-refractivity contribution in [3.63, 3.8) is 0 Å². The van der Waals surface area contributed by atoms with Crippen molar-refractivity contribution in [1.82, 2.24) is 9.21 Å². The van der Waals surface area contributed by atoms with Crippen molar-refractivity contribution in [2.75, 3.05) is 31.9 Å². The van der Waals surface area contributed by atoms with Gasteiger partial charge in [0.15, 0.2) is 0 Å². The van der Waals surface area contributed by atoms with Crippen LogP contribution in [0.4, 0.5) is 0 Å². The Morgan fingerprint density at radius 1 is 1.22 bits per heavy atom. The van der Waals surface area contributed by atoms with E-state index in [2.05, 4.69) is 0 Å². The lowest BCUT2D eigenvalue weighted by Gasteiger charge is -2.35. The third-order valence-electron chi connectivity index (χ3n) is 3.60. The fourth-order valence-electron chi connectivity index (χ4n) is 2.22. The first-order chi connectivity index (χ1) is 8.39. The molecule has 0 unspecified atom stereocenters. The summed E-state index contributed by atoms with van der Waals surface area (Å²) in [5, 5.41) is 0. The smallest absolute Gasteiger partial charge is 0.242 e. The van der Waals surface area contributed by atoms with E-state index in [9.17, 15) is 13.2 Å². The molecule has 1 saturated heterocycles. The molecule has 2 fully saturated rings. The quantitative estimate of drug-likeness (QED) is 0.740. The second-order valence-corrected chi connectivity index (χ2v) is 7.25. The van der Waals surface area contributed by atoms with Gasteiger partial charge in [-0.3, -0.25) is 4.79 Å². The maximum atomic E-state index is 12.0. The number of hydrogen-bond donors (Lipinski definition) is 1. The van der Waals surface area contributed by atoms with Crippen molar-refractivity contribution >= 4 is 15.9 Å². The average molecular weight is 275 g/mol. The van der Waals surface area contributed by atoms with Crippen molar-refractivity contribution < 1.29 is 13.2 Å². The van der Waals surface area contributed by atoms with Crippen LogP contribution in [0.2, 0.25) is 0 Å². The number of nitrogens with two attached hydrogens (primary N) is 1. The van der Waals surface area contributed by atoms with E-state index in [0.29, 0.717) is 32.6 Å². The van der Waals surface area contributed by atoms with Crippen LogP contribution in [0.25, 0.3) is 0 Å². The highest BCUT2D eigenvalue weighted by Gasteiger charge is 2.48. The van der Waals surface area contributed by atoms with Gasteiger partial charge >= 0.3 is 0 Å². The lowest BCUT2D eigenvalue weighted by molar-refractivity contribution is -0.134. The molecule has 0 radical (unpaired) electrons. The number of piperazine rings is 1. The minimum Gasteiger partial charge on any atom is -0.338 e. The van der Waals surface area contributed by atoms with E-state index in [1.807, 2.05) is 6.92 Å². The van der Waals surface area contributed by atoms with Gasteiger partial charge in [0.05, 0.1) is 11.3 Å². The molecule has 0 spiro atoms. The van der Waals surface area contributed by atoms with Crippen LogP contribution in [0.1, 0.15) is 26.2 Å². The summed E-state index contributed by atoms with van der Waals surface area (Å²) in [5.41, 5.74) is 5.22. The molecule has 0 aromatic rings. The fraction of sp³-hybridized carbons (Fsp3) is 0.909. The Kier molecular flexibility index (Phi) is 3.66. The molecule has 1 aliphatic carbocycles. The average Bonchev–Trinajstić information content (AvgIpc) is 3.08. The molecule has 2 aliphatic rings. The van der Waals surface area contributed by atoms with Gasteiger partial charge in [-0.05, 0) is 19.3 Å². The van der Waals surface area contributed by atoms with Gasteiger partial charge in [0, 0.05) is 26.2 Å². The molecule has 6 nitrogen and oxygen atoms in total. The number of hydrogen-bond acceptors (Lipinski definition) is 4. The predicted molar refractivity (Wildman–Crippen MR) is 68.4 cm³/mol. The van der Waals surface area contributed by atoms with E-state index in [-0.39, 0.29) is 11.7 Å². The van der Waals surface area contributed by atoms with Gasteiger partial charge in [-0.15, -0.1) is 0 Å². The zero-order valence-electron chi connectivity index (χ0n) is 10.8. The maximum absolute atomic E-state index is 12.0. The van der Waals surface area contributed by atoms with Crippen LogP contribution in [-0.2, 0) is 14.8 Å². The van der Waals surface area contributed by atoms with Crippen LogP contribution < -0.4 is 5.73 Å². The Balaban J connectivity index is 1.90. The van der Waals surface area contributed by atoms with E-state index in [4.69, 9.17) is 5.73 Å². The van der Waals surface area contributed by atoms with E-state index >= 15 is 0 Å². The van der Waals surface area contributed by atoms with E-state index in [1.54, 1.807) is 4.90 Å². The number of rotatable bonds is 4. The molecule has 1 aliphatic heterocycles. The molecular weight excluding hydrogens is 254 g/mol. The molecule has 0 atom stereocenters. The maximum Gasteiger partial charge on any atom is 0.242 e. The molecule has 2 N–H and O–H groups in total. The summed E-state index contributed by atoms with van der Waals surface area (Å²) in [7, 11) is -3.14. The molecule has 2 rings (SSSR count). The largest absolute Gasteiger partial charge is 0.338 e. The third-order valence-corrected chi connectivity index (χ3v) is 5.67. The molecule has 0 bridgehead atoms. The topological polar surface area (TPSA) is 83.7 Å². The van der Waals surface area contributed by atoms with Gasteiger partial charge < -0.3 is 10.6 Å². The highest BCUT2D eigenvalue weighted by atomic mass is 32.2. The lowest BCUT2D eigenvalue weighted by Crippen LogP contribution is -2.55. The number of carbonyl (C=O) groups excluding carboxylic acids is 1. The number of nitrogens with zero attached hydrogens (tertiary/aromatic N) is 2. The molecule has 18 heavy (non-hydrogen) atoms. The minimum absolute atomic E-state index is 0.0185. The van der Waals surface area contributed by atoms with Crippen LogP contribution in [0.15, 0.2) is 0 Å². The van der Waals surface area contributed by atoms with Crippen molar-refractivity contribution in [1.29, 1.82) is 0 Å². The first-order valence-corrected chi connectivity index (χ1v) is 8.06. The highest BCUT2D eigenvalue weighted by molar-refractivity contribution is 7.89. The Labute approximate surface area is 108 Å². The monoisotopic (exact) mass is 275 g/mol. The normalized spacial score (nSPS) is 24.0. The second-order valence-electron chi connectivity index (χ2n) is 5.16. The molecule has 7 heteroatoms. The van der Waals surface area contributed by atoms with E-state index < -0.39 is 15.6 Å². The summed E-state index contributed by atoms with van der Waals surface area (Å²) in [4.78, 5) is 13.7. The predicted octanol–water partition coefficient (Wildman–Crippen LogP) is -0.638. The molecular formula is C11H21N3O3S. The Hall–Kier alpha value is -0.660. The van der Waals surface area contributed by atoms with E-state index in [1.165, 1.54) is 4.31 Å². The number of carbonyl (C=O) groups is 1. The Morgan fingerprint density at radius 3 is 2.22 bits per heavy atom. The molecule has 1 saturated carbocycles.